The van der Waals surface area contributed by atoms with Crippen LogP contribution in [-0.4, -0.2) is 22.2 Å². The Balaban J connectivity index is 4.96. The number of hydrogen-bond acceptors (Lipinski definition) is 2. The van der Waals surface area contributed by atoms with Gasteiger partial charge in [-0.05, 0) is 18.8 Å². The van der Waals surface area contributed by atoms with Crippen molar-refractivity contribution in [2.24, 2.45) is 11.3 Å². The summed E-state index contributed by atoms with van der Waals surface area (Å²) in [5, 5.41) is 17.9. The van der Waals surface area contributed by atoms with Crippen molar-refractivity contribution >= 4 is 11.9 Å². The van der Waals surface area contributed by atoms with Gasteiger partial charge in [0.1, 0.15) is 0 Å². The number of allylic oxidation sites excluding steroid dienone is 1. The van der Waals surface area contributed by atoms with Gasteiger partial charge in [-0.3, -0.25) is 9.59 Å². The number of carboxylic acids is 2. The van der Waals surface area contributed by atoms with Gasteiger partial charge in [-0.2, -0.15) is 0 Å². The van der Waals surface area contributed by atoms with E-state index in [1.807, 2.05) is 13.8 Å². The van der Waals surface area contributed by atoms with E-state index >= 15 is 0 Å². The molecule has 0 aromatic carbocycles. The second-order valence-corrected chi connectivity index (χ2v) is 4.25. The van der Waals surface area contributed by atoms with Gasteiger partial charge in [-0.15, -0.1) is 6.58 Å². The Hall–Kier alpha value is -1.32. The maximum atomic E-state index is 11.2. The summed E-state index contributed by atoms with van der Waals surface area (Å²) in [5.74, 6) is -2.00. The average molecular weight is 214 g/mol. The van der Waals surface area contributed by atoms with E-state index in [-0.39, 0.29) is 18.8 Å². The summed E-state index contributed by atoms with van der Waals surface area (Å²) in [7, 11) is 0. The minimum Gasteiger partial charge on any atom is -0.481 e. The first-order chi connectivity index (χ1) is 6.84. The van der Waals surface area contributed by atoms with Crippen LogP contribution < -0.4 is 0 Å². The van der Waals surface area contributed by atoms with Gasteiger partial charge in [-0.25, -0.2) is 0 Å². The fourth-order valence-electron chi connectivity index (χ4n) is 1.83. The smallest absolute Gasteiger partial charge is 0.310 e. The zero-order valence-electron chi connectivity index (χ0n) is 9.19. The third-order valence-corrected chi connectivity index (χ3v) is 2.28. The molecule has 0 saturated heterocycles. The Labute approximate surface area is 89.6 Å². The van der Waals surface area contributed by atoms with Crippen molar-refractivity contribution in [1.82, 2.24) is 0 Å². The van der Waals surface area contributed by atoms with E-state index in [1.165, 1.54) is 6.08 Å². The maximum absolute atomic E-state index is 11.2. The van der Waals surface area contributed by atoms with Gasteiger partial charge in [0, 0.05) is 0 Å². The van der Waals surface area contributed by atoms with E-state index in [4.69, 9.17) is 10.2 Å². The van der Waals surface area contributed by atoms with E-state index in [9.17, 15) is 9.59 Å². The topological polar surface area (TPSA) is 74.6 Å². The van der Waals surface area contributed by atoms with Crippen LogP contribution in [0.1, 0.15) is 33.1 Å². The monoisotopic (exact) mass is 214 g/mol. The van der Waals surface area contributed by atoms with Crippen LogP contribution in [0.5, 0.6) is 0 Å². The maximum Gasteiger partial charge on any atom is 0.310 e. The second kappa shape index (κ2) is 5.53. The zero-order chi connectivity index (χ0) is 12.1. The second-order valence-electron chi connectivity index (χ2n) is 4.25. The largest absolute Gasteiger partial charge is 0.481 e. The van der Waals surface area contributed by atoms with Crippen molar-refractivity contribution in [3.8, 4) is 0 Å². The first kappa shape index (κ1) is 13.7. The molecule has 0 bridgehead atoms. The van der Waals surface area contributed by atoms with Gasteiger partial charge < -0.3 is 10.2 Å². The molecule has 0 heterocycles. The summed E-state index contributed by atoms with van der Waals surface area (Å²) in [6.45, 7) is 7.24. The standard InChI is InChI=1S/C11H18O4/c1-4-5-11(10(14)15,6-8(2)3)7-9(12)13/h4,8H,1,5-7H2,2-3H3,(H,12,13)(H,14,15)/t11-/m1/s1. The molecule has 0 radical (unpaired) electrons. The summed E-state index contributed by atoms with van der Waals surface area (Å²) < 4.78 is 0. The van der Waals surface area contributed by atoms with Crippen LogP contribution in [0.4, 0.5) is 0 Å². The predicted octanol–water partition coefficient (Wildman–Crippen LogP) is 2.15. The van der Waals surface area contributed by atoms with Crippen LogP contribution in [0.15, 0.2) is 12.7 Å². The molecule has 0 aromatic rings. The third-order valence-electron chi connectivity index (χ3n) is 2.28. The van der Waals surface area contributed by atoms with E-state index in [1.54, 1.807) is 0 Å². The van der Waals surface area contributed by atoms with Gasteiger partial charge in [-0.1, -0.05) is 19.9 Å². The third kappa shape index (κ3) is 4.14. The summed E-state index contributed by atoms with van der Waals surface area (Å²) in [6.07, 6.45) is 1.65. The molecule has 0 spiro atoms. The van der Waals surface area contributed by atoms with Crippen molar-refractivity contribution in [1.29, 1.82) is 0 Å². The lowest BCUT2D eigenvalue weighted by Crippen LogP contribution is -2.34. The number of hydrogen-bond donors (Lipinski definition) is 2. The Morgan fingerprint density at radius 2 is 1.93 bits per heavy atom. The van der Waals surface area contributed by atoms with Gasteiger partial charge in [0.25, 0.3) is 0 Å². The predicted molar refractivity (Wildman–Crippen MR) is 56.6 cm³/mol. The van der Waals surface area contributed by atoms with E-state index in [0.29, 0.717) is 6.42 Å². The van der Waals surface area contributed by atoms with E-state index in [0.717, 1.165) is 0 Å². The van der Waals surface area contributed by atoms with Gasteiger partial charge in [0.05, 0.1) is 11.8 Å². The molecule has 0 rings (SSSR count). The van der Waals surface area contributed by atoms with Crippen molar-refractivity contribution in [2.75, 3.05) is 0 Å². The summed E-state index contributed by atoms with van der Waals surface area (Å²) in [4.78, 5) is 21.8. The minimum atomic E-state index is -1.21. The molecule has 0 aliphatic heterocycles. The Morgan fingerprint density at radius 1 is 1.40 bits per heavy atom. The van der Waals surface area contributed by atoms with Gasteiger partial charge >= 0.3 is 11.9 Å². The van der Waals surface area contributed by atoms with Gasteiger partial charge in [0.15, 0.2) is 0 Å². The molecule has 0 saturated carbocycles. The lowest BCUT2D eigenvalue weighted by atomic mass is 9.75. The Morgan fingerprint density at radius 3 is 2.20 bits per heavy atom. The molecular formula is C11H18O4. The summed E-state index contributed by atoms with van der Waals surface area (Å²) in [6, 6.07) is 0. The molecular weight excluding hydrogens is 196 g/mol. The molecule has 4 heteroatoms. The Bertz CT molecular complexity index is 257. The highest BCUT2D eigenvalue weighted by Gasteiger charge is 2.39. The Kier molecular flexibility index (Phi) is 5.05. The highest BCUT2D eigenvalue weighted by atomic mass is 16.4. The molecule has 4 nitrogen and oxygen atoms in total. The van der Waals surface area contributed by atoms with E-state index in [2.05, 4.69) is 6.58 Å². The quantitative estimate of drug-likeness (QED) is 0.637. The highest BCUT2D eigenvalue weighted by molar-refractivity contribution is 5.81. The first-order valence-corrected chi connectivity index (χ1v) is 4.90. The highest BCUT2D eigenvalue weighted by Crippen LogP contribution is 2.35. The number of carboxylic acid groups (broad SMARTS) is 2. The SMILES string of the molecule is C=CC[C@](CC(=O)O)(CC(C)C)C(=O)O. The lowest BCUT2D eigenvalue weighted by Gasteiger charge is -2.28. The molecule has 0 amide bonds. The zero-order valence-corrected chi connectivity index (χ0v) is 9.19. The van der Waals surface area contributed by atoms with Crippen LogP contribution in [0.2, 0.25) is 0 Å². The number of aliphatic carboxylic acids is 2. The summed E-state index contributed by atoms with van der Waals surface area (Å²) in [5.41, 5.74) is -1.21. The van der Waals surface area contributed by atoms with Crippen LogP contribution in [0, 0.1) is 11.3 Å². The molecule has 0 aliphatic rings. The molecule has 0 fully saturated rings. The van der Waals surface area contributed by atoms with Crippen LogP contribution in [-0.2, 0) is 9.59 Å². The molecule has 0 aliphatic carbocycles. The van der Waals surface area contributed by atoms with Crippen molar-refractivity contribution in [2.45, 2.75) is 33.1 Å². The number of carbonyl (C=O) groups is 2. The van der Waals surface area contributed by atoms with Gasteiger partial charge in [0.2, 0.25) is 0 Å². The summed E-state index contributed by atoms with van der Waals surface area (Å²) >= 11 is 0. The van der Waals surface area contributed by atoms with Crippen molar-refractivity contribution in [3.63, 3.8) is 0 Å². The molecule has 15 heavy (non-hydrogen) atoms. The molecule has 2 N–H and O–H groups in total. The van der Waals surface area contributed by atoms with Crippen molar-refractivity contribution < 1.29 is 19.8 Å². The first-order valence-electron chi connectivity index (χ1n) is 4.90. The average Bonchev–Trinajstić information content (AvgIpc) is 2.01. The van der Waals surface area contributed by atoms with Crippen molar-refractivity contribution in [3.05, 3.63) is 12.7 Å². The van der Waals surface area contributed by atoms with Crippen LogP contribution >= 0.6 is 0 Å². The normalized spacial score (nSPS) is 14.6. The molecule has 0 unspecified atom stereocenters. The molecule has 86 valence electrons. The van der Waals surface area contributed by atoms with E-state index < -0.39 is 17.4 Å². The fourth-order valence-corrected chi connectivity index (χ4v) is 1.83. The minimum absolute atomic E-state index is 0.139. The molecule has 1 atom stereocenters. The lowest BCUT2D eigenvalue weighted by molar-refractivity contribution is -0.156. The number of rotatable bonds is 7. The molecule has 0 aromatic heterocycles. The van der Waals surface area contributed by atoms with Crippen LogP contribution in [0.3, 0.4) is 0 Å². The van der Waals surface area contributed by atoms with Crippen LogP contribution in [0.25, 0.3) is 0 Å². The fraction of sp³-hybridized carbons (Fsp3) is 0.636.